The zero-order valence-corrected chi connectivity index (χ0v) is 36.4. The van der Waals surface area contributed by atoms with Gasteiger partial charge < -0.3 is 19.4 Å². The molecule has 10 rings (SSSR count). The normalized spacial score (nSPS) is 17.3. The van der Waals surface area contributed by atoms with Crippen LogP contribution in [0.5, 0.6) is 0 Å². The molecule has 0 bridgehead atoms. The molecule has 65 heavy (non-hydrogen) atoms. The number of nitrogens with zero attached hydrogens (tertiary/aromatic N) is 3. The van der Waals surface area contributed by atoms with Crippen LogP contribution in [0, 0.1) is 37.7 Å². The molecule has 0 aliphatic rings. The van der Waals surface area contributed by atoms with Crippen LogP contribution in [0.4, 0.5) is 4.39 Å². The van der Waals surface area contributed by atoms with Crippen LogP contribution in [0.25, 0.3) is 66.8 Å². The van der Waals surface area contributed by atoms with Crippen molar-refractivity contribution in [1.29, 1.82) is 0 Å². The van der Waals surface area contributed by atoms with Gasteiger partial charge in [-0.05, 0) is 120 Å². The van der Waals surface area contributed by atoms with Gasteiger partial charge in [0.1, 0.15) is 11.4 Å². The maximum atomic E-state index is 15.7. The average molecular weight is 1040 g/mol. The van der Waals surface area contributed by atoms with E-state index in [9.17, 15) is 16.4 Å². The largest absolute Gasteiger partial charge is 3.00 e. The van der Waals surface area contributed by atoms with Gasteiger partial charge in [0.15, 0.2) is 0 Å². The van der Waals surface area contributed by atoms with Crippen LogP contribution in [-0.4, -0.2) is 15.0 Å². The van der Waals surface area contributed by atoms with Gasteiger partial charge in [0.05, 0.1) is 12.5 Å². The van der Waals surface area contributed by atoms with Crippen LogP contribution in [0.15, 0.2) is 169 Å². The van der Waals surface area contributed by atoms with Crippen LogP contribution in [0.3, 0.4) is 0 Å². The molecule has 0 radical (unpaired) electrons. The third-order valence-corrected chi connectivity index (χ3v) is 10.3. The zero-order valence-electron chi connectivity index (χ0n) is 53.0. The minimum absolute atomic E-state index is 0. The molecule has 0 saturated carbocycles. The third kappa shape index (κ3) is 9.52. The molecule has 4 heterocycles. The molecule has 0 saturated heterocycles. The minimum Gasteiger partial charge on any atom is -0.500 e. The third-order valence-electron chi connectivity index (χ3n) is 10.3. The number of hydrogen-bond donors (Lipinski definition) is 0. The summed E-state index contributed by atoms with van der Waals surface area (Å²) in [6, 6.07) is 41.3. The molecular weight excluding hydrogens is 978 g/mol. The quantitative estimate of drug-likeness (QED) is 0.108. The predicted molar refractivity (Wildman–Crippen MR) is 256 cm³/mol. The SMILES string of the molecule is [2H]c1cc2c(oc3c(-c4ccc(C([2H])([2H])C([2H])([2H])c5cc(C([2H])([2H])C([2H])([2H])c6cnc(-c7[c-]cccc7)cc6C([2H])([2H])[2H])cc(C([2H])([2H])C([2H])([2H])c6cnc(-c7[c-]cccc7)cc6C([2H])([2H])[2H])c5)cn4)[c-]ccc32)c(-c2ccccc2)c1F.[Ir+3]. The van der Waals surface area contributed by atoms with Crippen molar-refractivity contribution in [1.82, 2.24) is 15.0 Å². The van der Waals surface area contributed by atoms with Crippen molar-refractivity contribution in [2.75, 3.05) is 0 Å². The van der Waals surface area contributed by atoms with Crippen LogP contribution in [-0.2, 0) is 58.3 Å². The number of halogens is 1. The second-order valence-corrected chi connectivity index (χ2v) is 14.5. The molecule has 6 heteroatoms. The van der Waals surface area contributed by atoms with Crippen LogP contribution < -0.4 is 0 Å². The zero-order chi connectivity index (χ0) is 60.0. The summed E-state index contributed by atoms with van der Waals surface area (Å²) >= 11 is 0. The number of aryl methyl sites for hydroxylation is 8. The second-order valence-electron chi connectivity index (χ2n) is 14.5. The predicted octanol–water partition coefficient (Wildman–Crippen LogP) is 13.9. The Labute approximate surface area is 420 Å². The van der Waals surface area contributed by atoms with E-state index in [2.05, 4.69) is 33.2 Å². The van der Waals surface area contributed by atoms with E-state index in [-0.39, 0.29) is 65.5 Å². The first-order valence-electron chi connectivity index (χ1n) is 29.5. The number of aromatic nitrogens is 3. The standard InChI is InChI=1S/C59H45FN3O.Ir/c1-39-31-55(45-13-6-3-7-14-45)62-37-48(39)26-23-43-33-42(34-44(35-43)24-27-49-38-63-56(32-40(49)2)46-15-8-4-9-16-46)22-21-41-25-30-54(61-36-41)52-20-12-19-50-51-28-29-53(60)57(59(51)64-58(50)52)47-17-10-5-11-18-47;/h3-13,15,17-19,25,28-38H,21-24,26-27H2,1-2H3;/q-3;+3/i1D3,2D3,21D2,22D2,23D2,24D2,26D2,27D2,29D;. The molecule has 0 aliphatic heterocycles. The molecule has 0 spiro atoms. The topological polar surface area (TPSA) is 51.8 Å². The van der Waals surface area contributed by atoms with Crippen LogP contribution in [0.1, 0.15) is 70.6 Å². The Morgan fingerprint density at radius 2 is 1.12 bits per heavy atom. The summed E-state index contributed by atoms with van der Waals surface area (Å²) in [5, 5.41) is 0.894. The van der Waals surface area contributed by atoms with E-state index in [1.807, 2.05) is 0 Å². The summed E-state index contributed by atoms with van der Waals surface area (Å²) in [5.41, 5.74) is -3.97. The summed E-state index contributed by atoms with van der Waals surface area (Å²) in [6.07, 6.45) is -17.8. The van der Waals surface area contributed by atoms with Crippen molar-refractivity contribution in [2.45, 2.75) is 51.9 Å². The van der Waals surface area contributed by atoms with E-state index >= 15 is 4.39 Å². The Kier molecular flexibility index (Phi) is 7.85. The van der Waals surface area contributed by atoms with Crippen molar-refractivity contribution < 1.29 is 55.0 Å². The molecular formula is C59H45FIrN3O. The van der Waals surface area contributed by atoms with Crippen molar-refractivity contribution in [3.8, 4) is 44.9 Å². The minimum atomic E-state index is -3.52. The Morgan fingerprint density at radius 3 is 1.69 bits per heavy atom. The number of hydrogen-bond acceptors (Lipinski definition) is 4. The molecule has 4 aromatic heterocycles. The molecule has 6 aromatic carbocycles. The van der Waals surface area contributed by atoms with Gasteiger partial charge in [0, 0.05) is 48.7 Å². The molecule has 0 fully saturated rings. The van der Waals surface area contributed by atoms with Crippen molar-refractivity contribution >= 4 is 21.9 Å². The second kappa shape index (κ2) is 19.5. The summed E-state index contributed by atoms with van der Waals surface area (Å²) in [5.74, 6) is -0.810. The summed E-state index contributed by atoms with van der Waals surface area (Å²) in [4.78, 5) is 13.0. The van der Waals surface area contributed by atoms with E-state index in [1.165, 1.54) is 18.2 Å². The first-order chi connectivity index (χ1) is 38.8. The van der Waals surface area contributed by atoms with Gasteiger partial charge >= 0.3 is 20.1 Å². The smallest absolute Gasteiger partial charge is 0.500 e. The number of benzene rings is 6. The molecule has 0 unspecified atom stereocenters. The first kappa shape index (κ1) is 26.2. The fourth-order valence-corrected chi connectivity index (χ4v) is 7.16. The van der Waals surface area contributed by atoms with Crippen LogP contribution >= 0.6 is 0 Å². The van der Waals surface area contributed by atoms with Crippen molar-refractivity contribution in [2.24, 2.45) is 0 Å². The summed E-state index contributed by atoms with van der Waals surface area (Å²) in [7, 11) is 0. The van der Waals surface area contributed by atoms with Crippen molar-refractivity contribution in [3.05, 3.63) is 233 Å². The van der Waals surface area contributed by atoms with E-state index in [0.717, 1.165) is 42.9 Å². The van der Waals surface area contributed by atoms with E-state index in [1.54, 1.807) is 91.0 Å². The number of fused-ring (bicyclic) bond motifs is 3. The molecule has 0 aliphatic carbocycles. The van der Waals surface area contributed by atoms with Gasteiger partial charge in [-0.15, -0.1) is 90.0 Å². The van der Waals surface area contributed by atoms with Crippen LogP contribution in [0.2, 0.25) is 0 Å². The van der Waals surface area contributed by atoms with Gasteiger partial charge in [0.25, 0.3) is 0 Å². The molecule has 318 valence electrons. The first-order valence-corrected chi connectivity index (χ1v) is 20.0. The molecule has 0 N–H and O–H groups in total. The van der Waals surface area contributed by atoms with E-state index < -0.39 is 102 Å². The van der Waals surface area contributed by atoms with Gasteiger partial charge in [-0.25, -0.2) is 4.39 Å². The average Bonchev–Trinajstić information content (AvgIpc) is 1.11. The maximum Gasteiger partial charge on any atom is 3.00 e. The summed E-state index contributed by atoms with van der Waals surface area (Å²) < 4.78 is 195. The fourth-order valence-electron chi connectivity index (χ4n) is 7.16. The fraction of sp³-hybridized carbons (Fsp3) is 0.136. The molecule has 10 aromatic rings. The maximum absolute atomic E-state index is 15.7. The Bertz CT molecular complexity index is 3960. The number of pyridine rings is 3. The number of rotatable bonds is 13. The van der Waals surface area contributed by atoms with Crippen molar-refractivity contribution in [3.63, 3.8) is 0 Å². The van der Waals surface area contributed by atoms with Gasteiger partial charge in [0.2, 0.25) is 0 Å². The Morgan fingerprint density at radius 1 is 0.554 bits per heavy atom. The Balaban J connectivity index is 0.00000846. The molecule has 0 atom stereocenters. The van der Waals surface area contributed by atoms with E-state index in [0.29, 0.717) is 33.5 Å². The van der Waals surface area contributed by atoms with Gasteiger partial charge in [-0.2, -0.15) is 0 Å². The van der Waals surface area contributed by atoms with E-state index in [4.69, 9.17) is 14.0 Å². The van der Waals surface area contributed by atoms with Gasteiger partial charge in [-0.1, -0.05) is 94.9 Å². The molecule has 4 nitrogen and oxygen atoms in total. The molecule has 0 amide bonds. The summed E-state index contributed by atoms with van der Waals surface area (Å²) in [6.45, 7) is -6.19. The number of furan rings is 1. The van der Waals surface area contributed by atoms with Gasteiger partial charge in [-0.3, -0.25) is 0 Å². The Hall–Kier alpha value is -6.85. The monoisotopic (exact) mass is 1040 g/mol.